The lowest BCUT2D eigenvalue weighted by Gasteiger charge is -2.06. The van der Waals surface area contributed by atoms with E-state index < -0.39 is 0 Å². The summed E-state index contributed by atoms with van der Waals surface area (Å²) in [6, 6.07) is 0.510. The highest BCUT2D eigenvalue weighted by molar-refractivity contribution is 6.17. The number of halogens is 1. The third-order valence-corrected chi connectivity index (χ3v) is 3.83. The molecule has 0 aliphatic carbocycles. The van der Waals surface area contributed by atoms with E-state index in [9.17, 15) is 0 Å². The number of nitrogens with one attached hydrogen (secondary N) is 5. The lowest BCUT2D eigenvalue weighted by atomic mass is 10.2. The van der Waals surface area contributed by atoms with Gasteiger partial charge in [0.2, 0.25) is 0 Å². The van der Waals surface area contributed by atoms with E-state index in [1.807, 2.05) is 0 Å². The molecule has 0 amide bonds. The van der Waals surface area contributed by atoms with Crippen molar-refractivity contribution in [1.82, 2.24) is 26.6 Å². The molecule has 0 aliphatic rings. The maximum atomic E-state index is 5.52. The molecule has 6 heteroatoms. The Morgan fingerprint density at radius 2 is 0.960 bits per heavy atom. The molecule has 0 aromatic heterocycles. The molecule has 0 aliphatic heterocycles. The van der Waals surface area contributed by atoms with Crippen LogP contribution in [-0.2, 0) is 0 Å². The van der Waals surface area contributed by atoms with E-state index in [4.69, 9.17) is 11.6 Å². The topological polar surface area (TPSA) is 60.1 Å². The summed E-state index contributed by atoms with van der Waals surface area (Å²) in [5, 5.41) is 16.7. The Hall–Kier alpha value is -0.430. The molecular weight excluding hydrogens is 334 g/mol. The summed E-state index contributed by atoms with van der Waals surface area (Å²) in [7, 11) is 0. The van der Waals surface area contributed by atoms with Crippen molar-refractivity contribution in [2.45, 2.75) is 32.6 Å². The predicted molar refractivity (Wildman–Crippen MR) is 113 cm³/mol. The van der Waals surface area contributed by atoms with Crippen LogP contribution in [0.2, 0.25) is 0 Å². The van der Waals surface area contributed by atoms with Crippen LogP contribution in [-0.4, -0.2) is 64.9 Å². The van der Waals surface area contributed by atoms with Crippen LogP contribution in [0.5, 0.6) is 0 Å². The van der Waals surface area contributed by atoms with Crippen LogP contribution in [0.4, 0.5) is 0 Å². The molecule has 0 saturated carbocycles. The minimum atomic E-state index is 0.510. The van der Waals surface area contributed by atoms with Crippen molar-refractivity contribution in [2.24, 2.45) is 0 Å². The molecule has 0 saturated heterocycles. The Bertz CT molecular complexity index is 270. The van der Waals surface area contributed by atoms with Crippen LogP contribution in [0.15, 0.2) is 24.3 Å². The molecule has 148 valence electrons. The van der Waals surface area contributed by atoms with Gasteiger partial charge in [0, 0.05) is 26.2 Å². The average molecular weight is 374 g/mol. The highest BCUT2D eigenvalue weighted by Crippen LogP contribution is 1.88. The average Bonchev–Trinajstić information content (AvgIpc) is 2.63. The van der Waals surface area contributed by atoms with E-state index in [2.05, 4.69) is 57.8 Å². The van der Waals surface area contributed by atoms with E-state index in [1.165, 1.54) is 25.7 Å². The fourth-order valence-corrected chi connectivity index (χ4v) is 2.30. The minimum absolute atomic E-state index is 0.510. The van der Waals surface area contributed by atoms with Gasteiger partial charge in [0.1, 0.15) is 0 Å². The molecule has 0 atom stereocenters. The SMILES string of the molecule is CCNC/C=C\CNCCCCNCCCCNC/C=C\CNCCl. The Labute approximate surface area is 160 Å². The van der Waals surface area contributed by atoms with Gasteiger partial charge >= 0.3 is 0 Å². The summed E-state index contributed by atoms with van der Waals surface area (Å²) >= 11 is 5.52. The molecule has 0 aromatic rings. The number of hydrogen-bond acceptors (Lipinski definition) is 5. The number of likely N-dealkylation sites (N-methyl/N-ethyl adjacent to an activating group) is 1. The van der Waals surface area contributed by atoms with Crippen LogP contribution in [0.3, 0.4) is 0 Å². The second kappa shape index (κ2) is 23.6. The third kappa shape index (κ3) is 23.6. The summed E-state index contributed by atoms with van der Waals surface area (Å²) in [5.74, 6) is 0. The first-order chi connectivity index (χ1) is 12.4. The van der Waals surface area contributed by atoms with E-state index in [-0.39, 0.29) is 0 Å². The Kier molecular flexibility index (Phi) is 23.2. The van der Waals surface area contributed by atoms with Gasteiger partial charge in [0.05, 0.1) is 6.00 Å². The molecule has 0 bridgehead atoms. The molecule has 0 aromatic carbocycles. The summed E-state index contributed by atoms with van der Waals surface area (Å²) < 4.78 is 0. The first-order valence-electron chi connectivity index (χ1n) is 9.81. The summed E-state index contributed by atoms with van der Waals surface area (Å²) in [6.45, 7) is 11.3. The van der Waals surface area contributed by atoms with Crippen LogP contribution < -0.4 is 26.6 Å². The molecule has 25 heavy (non-hydrogen) atoms. The minimum Gasteiger partial charge on any atom is -0.317 e. The van der Waals surface area contributed by atoms with E-state index in [0.29, 0.717) is 6.00 Å². The van der Waals surface area contributed by atoms with Crippen molar-refractivity contribution in [1.29, 1.82) is 0 Å². The van der Waals surface area contributed by atoms with Crippen molar-refractivity contribution >= 4 is 11.6 Å². The normalized spacial score (nSPS) is 11.9. The highest BCUT2D eigenvalue weighted by Gasteiger charge is 1.91. The van der Waals surface area contributed by atoms with E-state index >= 15 is 0 Å². The smallest absolute Gasteiger partial charge is 0.0715 e. The summed E-state index contributed by atoms with van der Waals surface area (Å²) in [6.07, 6.45) is 13.6. The Balaban J connectivity index is 3.05. The van der Waals surface area contributed by atoms with Crippen LogP contribution in [0.25, 0.3) is 0 Å². The second-order valence-corrected chi connectivity index (χ2v) is 6.18. The molecule has 0 heterocycles. The molecule has 0 fully saturated rings. The van der Waals surface area contributed by atoms with Gasteiger partial charge in [-0.25, -0.2) is 0 Å². The maximum absolute atomic E-state index is 5.52. The van der Waals surface area contributed by atoms with E-state index in [1.54, 1.807) is 0 Å². The van der Waals surface area contributed by atoms with Crippen LogP contribution >= 0.6 is 11.6 Å². The Morgan fingerprint density at radius 1 is 0.560 bits per heavy atom. The number of unbranched alkanes of at least 4 members (excludes halogenated alkanes) is 2. The number of hydrogen-bond donors (Lipinski definition) is 5. The molecule has 0 unspecified atom stereocenters. The van der Waals surface area contributed by atoms with Gasteiger partial charge in [0.15, 0.2) is 0 Å². The van der Waals surface area contributed by atoms with Gasteiger partial charge in [-0.2, -0.15) is 0 Å². The lowest BCUT2D eigenvalue weighted by molar-refractivity contribution is 0.565. The molecule has 5 N–H and O–H groups in total. The quantitative estimate of drug-likeness (QED) is 0.0975. The van der Waals surface area contributed by atoms with Gasteiger partial charge in [0.25, 0.3) is 0 Å². The van der Waals surface area contributed by atoms with Crippen LogP contribution in [0.1, 0.15) is 32.6 Å². The molecular formula is C19H40ClN5. The van der Waals surface area contributed by atoms with Gasteiger partial charge in [-0.3, -0.25) is 0 Å². The zero-order valence-corrected chi connectivity index (χ0v) is 16.8. The maximum Gasteiger partial charge on any atom is 0.0715 e. The van der Waals surface area contributed by atoms with Crippen molar-refractivity contribution in [3.63, 3.8) is 0 Å². The second-order valence-electron chi connectivity index (χ2n) is 5.91. The van der Waals surface area contributed by atoms with Crippen LogP contribution in [0, 0.1) is 0 Å². The molecule has 5 nitrogen and oxygen atoms in total. The molecule has 0 spiro atoms. The van der Waals surface area contributed by atoms with Crippen molar-refractivity contribution in [3.8, 4) is 0 Å². The highest BCUT2D eigenvalue weighted by atomic mass is 35.5. The zero-order chi connectivity index (χ0) is 18.3. The third-order valence-electron chi connectivity index (χ3n) is 3.64. The number of alkyl halides is 1. The summed E-state index contributed by atoms with van der Waals surface area (Å²) in [4.78, 5) is 0. The molecule has 0 radical (unpaired) electrons. The number of rotatable bonds is 20. The largest absolute Gasteiger partial charge is 0.317 e. The van der Waals surface area contributed by atoms with Crippen molar-refractivity contribution in [2.75, 3.05) is 64.9 Å². The van der Waals surface area contributed by atoms with Gasteiger partial charge in [-0.15, -0.1) is 11.6 Å². The summed E-state index contributed by atoms with van der Waals surface area (Å²) in [5.41, 5.74) is 0. The Morgan fingerprint density at radius 3 is 1.40 bits per heavy atom. The lowest BCUT2D eigenvalue weighted by Crippen LogP contribution is -2.21. The molecule has 0 rings (SSSR count). The van der Waals surface area contributed by atoms with Gasteiger partial charge < -0.3 is 26.6 Å². The van der Waals surface area contributed by atoms with Crippen molar-refractivity contribution in [3.05, 3.63) is 24.3 Å². The van der Waals surface area contributed by atoms with Gasteiger partial charge in [-0.05, 0) is 58.4 Å². The fourth-order valence-electron chi connectivity index (χ4n) is 2.19. The zero-order valence-electron chi connectivity index (χ0n) is 16.1. The van der Waals surface area contributed by atoms with E-state index in [0.717, 1.165) is 58.9 Å². The first kappa shape index (κ1) is 24.6. The standard InChI is InChI=1S/C19H40ClN5/c1-2-21-11-3-4-12-22-13-5-6-14-23-15-7-8-16-24-17-9-10-18-25-19-20/h3-4,9-10,21-25H,2,5-8,11-19H2,1H3/b4-3-,10-9-. The van der Waals surface area contributed by atoms with Crippen molar-refractivity contribution < 1.29 is 0 Å². The monoisotopic (exact) mass is 373 g/mol. The van der Waals surface area contributed by atoms with Gasteiger partial charge in [-0.1, -0.05) is 31.2 Å². The first-order valence-corrected chi connectivity index (χ1v) is 10.3. The fraction of sp³-hybridized carbons (Fsp3) is 0.789. The predicted octanol–water partition coefficient (Wildman–Crippen LogP) is 1.82.